The number of hydrogen-bond donors (Lipinski definition) is 3. The Balaban J connectivity index is 4.32. The molecule has 0 fully saturated rings. The molecular weight excluding hydrogens is 198 g/mol. The highest BCUT2D eigenvalue weighted by atomic mass is 32.2. The molecule has 0 saturated carbocycles. The van der Waals surface area contributed by atoms with Crippen molar-refractivity contribution in [1.29, 1.82) is 0 Å². The van der Waals surface area contributed by atoms with Crippen LogP contribution in [0.1, 0.15) is 13.3 Å². The maximum Gasteiger partial charge on any atom is 0.277 e. The molecule has 1 unspecified atom stereocenters. The van der Waals surface area contributed by atoms with Crippen molar-refractivity contribution in [1.82, 2.24) is 9.44 Å². The van der Waals surface area contributed by atoms with E-state index in [1.807, 2.05) is 0 Å². The van der Waals surface area contributed by atoms with E-state index in [-0.39, 0.29) is 4.99 Å². The lowest BCUT2D eigenvalue weighted by molar-refractivity contribution is 0.564. The predicted octanol–water partition coefficient (Wildman–Crippen LogP) is -0.895. The molecule has 0 aliphatic carbocycles. The lowest BCUT2D eigenvalue weighted by Gasteiger charge is -2.14. The number of nitrogens with one attached hydrogen (secondary N) is 2. The van der Waals surface area contributed by atoms with E-state index in [4.69, 9.17) is 5.73 Å². The summed E-state index contributed by atoms with van der Waals surface area (Å²) in [5.41, 5.74) is 5.29. The molecule has 5 nitrogen and oxygen atoms in total. The molecule has 7 heteroatoms. The van der Waals surface area contributed by atoms with Gasteiger partial charge in [0, 0.05) is 7.05 Å². The fourth-order valence-electron chi connectivity index (χ4n) is 0.589. The maximum atomic E-state index is 10.9. The van der Waals surface area contributed by atoms with Gasteiger partial charge in [0.1, 0.15) is 0 Å². The van der Waals surface area contributed by atoms with Crippen LogP contribution in [0.15, 0.2) is 0 Å². The zero-order chi connectivity index (χ0) is 9.78. The second kappa shape index (κ2) is 4.70. The average molecular weight is 211 g/mol. The van der Waals surface area contributed by atoms with Gasteiger partial charge >= 0.3 is 0 Å². The predicted molar refractivity (Wildman–Crippen MR) is 52.0 cm³/mol. The Morgan fingerprint density at radius 1 is 1.67 bits per heavy atom. The van der Waals surface area contributed by atoms with E-state index in [0.717, 1.165) is 0 Å². The highest BCUT2D eigenvalue weighted by molar-refractivity contribution is 7.87. The zero-order valence-electron chi connectivity index (χ0n) is 6.99. The first-order valence-corrected chi connectivity index (χ1v) is 5.32. The lowest BCUT2D eigenvalue weighted by Crippen LogP contribution is -2.46. The van der Waals surface area contributed by atoms with Gasteiger partial charge in [0.05, 0.1) is 11.0 Å². The SMILES string of the molecule is CCC(NS(=O)(=O)NC)C(N)=S. The van der Waals surface area contributed by atoms with E-state index < -0.39 is 16.3 Å². The van der Waals surface area contributed by atoms with Crippen LogP contribution in [0.3, 0.4) is 0 Å². The van der Waals surface area contributed by atoms with Crippen LogP contribution in [0.4, 0.5) is 0 Å². The Morgan fingerprint density at radius 2 is 2.17 bits per heavy atom. The summed E-state index contributed by atoms with van der Waals surface area (Å²) in [4.78, 5) is 0.149. The third-order valence-corrected chi connectivity index (χ3v) is 2.73. The summed E-state index contributed by atoms with van der Waals surface area (Å²) in [5.74, 6) is 0. The van der Waals surface area contributed by atoms with E-state index in [9.17, 15) is 8.42 Å². The maximum absolute atomic E-state index is 10.9. The minimum absolute atomic E-state index is 0.149. The van der Waals surface area contributed by atoms with E-state index >= 15 is 0 Å². The van der Waals surface area contributed by atoms with Crippen molar-refractivity contribution in [3.8, 4) is 0 Å². The molecule has 0 saturated heterocycles. The molecule has 0 rings (SSSR count). The topological polar surface area (TPSA) is 84.2 Å². The van der Waals surface area contributed by atoms with Crippen molar-refractivity contribution in [3.05, 3.63) is 0 Å². The summed E-state index contributed by atoms with van der Waals surface area (Å²) in [6.45, 7) is 1.79. The highest BCUT2D eigenvalue weighted by Gasteiger charge is 2.15. The van der Waals surface area contributed by atoms with Crippen LogP contribution >= 0.6 is 12.2 Å². The largest absolute Gasteiger partial charge is 0.392 e. The molecule has 0 aromatic rings. The van der Waals surface area contributed by atoms with Crippen molar-refractivity contribution < 1.29 is 8.42 Å². The van der Waals surface area contributed by atoms with Crippen molar-refractivity contribution in [3.63, 3.8) is 0 Å². The molecule has 0 aliphatic heterocycles. The molecule has 0 aromatic heterocycles. The zero-order valence-corrected chi connectivity index (χ0v) is 8.63. The number of nitrogens with two attached hydrogens (primary N) is 1. The fourth-order valence-corrected chi connectivity index (χ4v) is 1.68. The first kappa shape index (κ1) is 11.8. The second-order valence-electron chi connectivity index (χ2n) is 2.19. The summed E-state index contributed by atoms with van der Waals surface area (Å²) in [6.07, 6.45) is 0.538. The van der Waals surface area contributed by atoms with Crippen LogP contribution in [0.25, 0.3) is 0 Å². The van der Waals surface area contributed by atoms with Crippen molar-refractivity contribution >= 4 is 27.4 Å². The van der Waals surface area contributed by atoms with Gasteiger partial charge in [0.25, 0.3) is 10.2 Å². The fraction of sp³-hybridized carbons (Fsp3) is 0.800. The molecule has 4 N–H and O–H groups in total. The first-order valence-electron chi connectivity index (χ1n) is 3.43. The molecular formula is C5H13N3O2S2. The van der Waals surface area contributed by atoms with Gasteiger partial charge in [-0.05, 0) is 6.42 Å². The summed E-state index contributed by atoms with van der Waals surface area (Å²) in [7, 11) is -2.13. The quantitative estimate of drug-likeness (QED) is 0.515. The van der Waals surface area contributed by atoms with Gasteiger partial charge in [-0.15, -0.1) is 0 Å². The molecule has 72 valence electrons. The van der Waals surface area contributed by atoms with Crippen LogP contribution in [-0.4, -0.2) is 26.5 Å². The lowest BCUT2D eigenvalue weighted by atomic mass is 10.2. The average Bonchev–Trinajstić information content (AvgIpc) is 2.00. The summed E-state index contributed by atoms with van der Waals surface area (Å²) in [6, 6.07) is -0.475. The van der Waals surface area contributed by atoms with Gasteiger partial charge in [-0.2, -0.15) is 13.1 Å². The standard InChI is InChI=1S/C5H13N3O2S2/c1-3-4(5(6)11)8-12(9,10)7-2/h4,7-8H,3H2,1-2H3,(H2,6,11). The molecule has 0 radical (unpaired) electrons. The summed E-state index contributed by atoms with van der Waals surface area (Å²) < 4.78 is 26.3. The monoisotopic (exact) mass is 211 g/mol. The molecule has 0 amide bonds. The van der Waals surface area contributed by atoms with Crippen LogP contribution < -0.4 is 15.2 Å². The molecule has 0 heterocycles. The third kappa shape index (κ3) is 3.96. The Kier molecular flexibility index (Phi) is 4.61. The van der Waals surface area contributed by atoms with Crippen LogP contribution in [0.2, 0.25) is 0 Å². The van der Waals surface area contributed by atoms with E-state index in [0.29, 0.717) is 6.42 Å². The van der Waals surface area contributed by atoms with E-state index in [2.05, 4.69) is 21.7 Å². The molecule has 0 bridgehead atoms. The van der Waals surface area contributed by atoms with E-state index in [1.54, 1.807) is 6.92 Å². The van der Waals surface area contributed by atoms with Crippen LogP contribution in [0, 0.1) is 0 Å². The van der Waals surface area contributed by atoms with Crippen molar-refractivity contribution in [2.75, 3.05) is 7.05 Å². The first-order chi connectivity index (χ1) is 5.43. The Bertz CT molecular complexity index is 249. The highest BCUT2D eigenvalue weighted by Crippen LogP contribution is 1.92. The number of rotatable bonds is 5. The Hall–Kier alpha value is -0.240. The van der Waals surface area contributed by atoms with Crippen LogP contribution in [0.5, 0.6) is 0 Å². The number of thiocarbonyl (C=S) groups is 1. The Morgan fingerprint density at radius 3 is 2.42 bits per heavy atom. The van der Waals surface area contributed by atoms with Gasteiger partial charge in [0.15, 0.2) is 0 Å². The van der Waals surface area contributed by atoms with Crippen molar-refractivity contribution in [2.45, 2.75) is 19.4 Å². The summed E-state index contributed by atoms with van der Waals surface area (Å²) in [5, 5.41) is 0. The minimum Gasteiger partial charge on any atom is -0.392 e. The molecule has 0 spiro atoms. The summed E-state index contributed by atoms with van der Waals surface area (Å²) >= 11 is 4.66. The number of hydrogen-bond acceptors (Lipinski definition) is 3. The van der Waals surface area contributed by atoms with Crippen molar-refractivity contribution in [2.24, 2.45) is 5.73 Å². The van der Waals surface area contributed by atoms with Gasteiger partial charge in [-0.3, -0.25) is 0 Å². The van der Waals surface area contributed by atoms with E-state index in [1.165, 1.54) is 7.05 Å². The van der Waals surface area contributed by atoms with Gasteiger partial charge in [0.2, 0.25) is 0 Å². The normalized spacial score (nSPS) is 14.2. The van der Waals surface area contributed by atoms with Gasteiger partial charge < -0.3 is 5.73 Å². The molecule has 12 heavy (non-hydrogen) atoms. The second-order valence-corrected chi connectivity index (χ2v) is 4.31. The third-order valence-electron chi connectivity index (χ3n) is 1.32. The Labute approximate surface area is 77.9 Å². The molecule has 0 aliphatic rings. The smallest absolute Gasteiger partial charge is 0.277 e. The molecule has 1 atom stereocenters. The van der Waals surface area contributed by atoms with Crippen LogP contribution in [-0.2, 0) is 10.2 Å². The van der Waals surface area contributed by atoms with Gasteiger partial charge in [-0.25, -0.2) is 4.72 Å². The van der Waals surface area contributed by atoms with Gasteiger partial charge in [-0.1, -0.05) is 19.1 Å². The molecule has 0 aromatic carbocycles. The minimum atomic E-state index is -3.44.